The van der Waals surface area contributed by atoms with Crippen LogP contribution in [0.1, 0.15) is 35.6 Å². The third kappa shape index (κ3) is 6.13. The standard InChI is InChI=1S/C22H23ClF4N6O3S/c1-3-17-20(32-12-15(23)5-7-19(32)31-17)21(34)30-11-14-4-6-18(16(24)10-14)29-8-9-33(13(2)28)37(35,36)22(25,26)27/h4-7,10,12,28-29H,3,8-9,11H2,1-2H3,(H,30,34). The third-order valence-electron chi connectivity index (χ3n) is 5.28. The fraction of sp³-hybridized carbons (Fsp3) is 0.318. The van der Waals surface area contributed by atoms with E-state index in [2.05, 4.69) is 15.6 Å². The molecule has 3 rings (SSSR count). The summed E-state index contributed by atoms with van der Waals surface area (Å²) in [6.45, 7) is 1.59. The summed E-state index contributed by atoms with van der Waals surface area (Å²) < 4.78 is 77.7. The van der Waals surface area contributed by atoms with Gasteiger partial charge in [-0.15, -0.1) is 0 Å². The summed E-state index contributed by atoms with van der Waals surface area (Å²) in [6, 6.07) is 7.26. The lowest BCUT2D eigenvalue weighted by molar-refractivity contribution is -0.0472. The van der Waals surface area contributed by atoms with Gasteiger partial charge in [-0.1, -0.05) is 24.6 Å². The summed E-state index contributed by atoms with van der Waals surface area (Å²) in [4.78, 5) is 17.3. The summed E-state index contributed by atoms with van der Waals surface area (Å²) in [5.74, 6) is -2.04. The Labute approximate surface area is 215 Å². The van der Waals surface area contributed by atoms with Crippen molar-refractivity contribution >= 4 is 44.7 Å². The number of alkyl halides is 3. The minimum Gasteiger partial charge on any atom is -0.381 e. The van der Waals surface area contributed by atoms with Gasteiger partial charge in [0.1, 0.15) is 23.0 Å². The van der Waals surface area contributed by atoms with E-state index in [1.807, 2.05) is 6.92 Å². The summed E-state index contributed by atoms with van der Waals surface area (Å²) in [6.07, 6.45) is 2.06. The number of hydrogen-bond acceptors (Lipinski definition) is 6. The molecule has 0 radical (unpaired) electrons. The number of fused-ring (bicyclic) bond motifs is 1. The first kappa shape index (κ1) is 28.2. The molecular weight excluding hydrogens is 540 g/mol. The first-order chi connectivity index (χ1) is 17.3. The van der Waals surface area contributed by atoms with Crippen LogP contribution in [-0.2, 0) is 23.0 Å². The zero-order chi connectivity index (χ0) is 27.5. The second-order valence-electron chi connectivity index (χ2n) is 7.87. The van der Waals surface area contributed by atoms with Crippen molar-refractivity contribution in [3.05, 3.63) is 64.3 Å². The van der Waals surface area contributed by atoms with Crippen LogP contribution >= 0.6 is 11.6 Å². The van der Waals surface area contributed by atoms with Crippen LogP contribution < -0.4 is 10.6 Å². The van der Waals surface area contributed by atoms with Crippen molar-refractivity contribution in [2.75, 3.05) is 18.4 Å². The number of halogens is 5. The molecule has 0 spiro atoms. The molecule has 3 aromatic rings. The highest BCUT2D eigenvalue weighted by Crippen LogP contribution is 2.27. The van der Waals surface area contributed by atoms with Crippen molar-refractivity contribution in [1.29, 1.82) is 5.41 Å². The maximum absolute atomic E-state index is 14.6. The predicted molar refractivity (Wildman–Crippen MR) is 131 cm³/mol. The molecule has 2 heterocycles. The zero-order valence-corrected chi connectivity index (χ0v) is 21.2. The Kier molecular flexibility index (Phi) is 8.32. The van der Waals surface area contributed by atoms with Gasteiger partial charge in [-0.2, -0.15) is 21.6 Å². The van der Waals surface area contributed by atoms with Gasteiger partial charge in [0.25, 0.3) is 5.91 Å². The van der Waals surface area contributed by atoms with Crippen molar-refractivity contribution in [3.63, 3.8) is 0 Å². The second kappa shape index (κ2) is 10.9. The molecule has 0 saturated carbocycles. The van der Waals surface area contributed by atoms with E-state index in [1.54, 1.807) is 22.7 Å². The van der Waals surface area contributed by atoms with E-state index in [-0.39, 0.29) is 16.5 Å². The van der Waals surface area contributed by atoms with E-state index in [1.165, 1.54) is 12.1 Å². The summed E-state index contributed by atoms with van der Waals surface area (Å²) in [7, 11) is -5.74. The Morgan fingerprint density at radius 1 is 1.24 bits per heavy atom. The topological polar surface area (TPSA) is 120 Å². The van der Waals surface area contributed by atoms with E-state index in [4.69, 9.17) is 17.0 Å². The summed E-state index contributed by atoms with van der Waals surface area (Å²) >= 11 is 6.04. The number of nitrogens with one attached hydrogen (secondary N) is 3. The highest BCUT2D eigenvalue weighted by molar-refractivity contribution is 7.90. The van der Waals surface area contributed by atoms with Gasteiger partial charge in [-0.25, -0.2) is 13.7 Å². The molecule has 3 N–H and O–H groups in total. The van der Waals surface area contributed by atoms with Crippen LogP contribution in [0.3, 0.4) is 0 Å². The van der Waals surface area contributed by atoms with Crippen molar-refractivity contribution in [2.45, 2.75) is 32.3 Å². The molecule has 0 aliphatic heterocycles. The van der Waals surface area contributed by atoms with E-state index in [9.17, 15) is 30.8 Å². The number of aryl methyl sites for hydroxylation is 1. The molecule has 0 saturated heterocycles. The van der Waals surface area contributed by atoms with Crippen molar-refractivity contribution in [1.82, 2.24) is 19.0 Å². The van der Waals surface area contributed by atoms with Gasteiger partial charge in [-0.3, -0.25) is 14.6 Å². The van der Waals surface area contributed by atoms with E-state index >= 15 is 0 Å². The number of pyridine rings is 1. The Morgan fingerprint density at radius 2 is 1.95 bits per heavy atom. The van der Waals surface area contributed by atoms with Gasteiger partial charge < -0.3 is 10.6 Å². The van der Waals surface area contributed by atoms with Crippen LogP contribution in [-0.4, -0.2) is 52.4 Å². The lowest BCUT2D eigenvalue weighted by Crippen LogP contribution is -2.45. The number of imidazole rings is 1. The minimum atomic E-state index is -5.74. The number of carbonyl (C=O) groups is 1. The molecule has 9 nitrogen and oxygen atoms in total. The number of carbonyl (C=O) groups excluding carboxylic acids is 1. The first-order valence-electron chi connectivity index (χ1n) is 10.9. The molecule has 0 bridgehead atoms. The van der Waals surface area contributed by atoms with Gasteiger partial charge in [0.05, 0.1) is 22.9 Å². The normalized spacial score (nSPS) is 12.0. The van der Waals surface area contributed by atoms with Gasteiger partial charge in [-0.05, 0) is 43.2 Å². The number of amidine groups is 1. The first-order valence-corrected chi connectivity index (χ1v) is 12.7. The van der Waals surface area contributed by atoms with Crippen molar-refractivity contribution in [3.8, 4) is 0 Å². The lowest BCUT2D eigenvalue weighted by atomic mass is 10.2. The van der Waals surface area contributed by atoms with Gasteiger partial charge in [0, 0.05) is 19.3 Å². The molecule has 37 heavy (non-hydrogen) atoms. The molecular formula is C22H23ClF4N6O3S. The van der Waals surface area contributed by atoms with Crippen LogP contribution in [0.2, 0.25) is 5.02 Å². The average Bonchev–Trinajstić information content (AvgIpc) is 3.18. The van der Waals surface area contributed by atoms with Crippen LogP contribution in [0.4, 0.5) is 23.2 Å². The fourth-order valence-corrected chi connectivity index (χ4v) is 4.62. The van der Waals surface area contributed by atoms with Gasteiger partial charge >= 0.3 is 15.5 Å². The summed E-state index contributed by atoms with van der Waals surface area (Å²) in [5, 5.41) is 13.0. The quantitative estimate of drug-likeness (QED) is 0.205. The molecule has 1 amide bonds. The van der Waals surface area contributed by atoms with Crippen molar-refractivity contribution < 1.29 is 30.8 Å². The molecule has 0 atom stereocenters. The smallest absolute Gasteiger partial charge is 0.381 e. The maximum Gasteiger partial charge on any atom is 0.516 e. The SMILES string of the molecule is CCc1nc2ccc(Cl)cn2c1C(=O)NCc1ccc(NCCN(C(C)=N)S(=O)(=O)C(F)(F)F)c(F)c1. The number of sulfonamides is 1. The van der Waals surface area contributed by atoms with Gasteiger partial charge in [0.15, 0.2) is 0 Å². The average molecular weight is 563 g/mol. The predicted octanol–water partition coefficient (Wildman–Crippen LogP) is 4.18. The Bertz CT molecular complexity index is 1440. The monoisotopic (exact) mass is 562 g/mol. The molecule has 0 fully saturated rings. The number of rotatable bonds is 9. The number of aromatic nitrogens is 2. The Morgan fingerprint density at radius 3 is 2.54 bits per heavy atom. The summed E-state index contributed by atoms with van der Waals surface area (Å²) in [5.41, 5.74) is -3.84. The third-order valence-corrected chi connectivity index (χ3v) is 7.12. The minimum absolute atomic E-state index is 0.0302. The fourth-order valence-electron chi connectivity index (χ4n) is 3.52. The number of benzene rings is 1. The van der Waals surface area contributed by atoms with Crippen molar-refractivity contribution in [2.24, 2.45) is 0 Å². The molecule has 0 aliphatic carbocycles. The van der Waals surface area contributed by atoms with Gasteiger partial charge in [0.2, 0.25) is 0 Å². The Balaban J connectivity index is 1.65. The van der Waals surface area contributed by atoms with E-state index in [0.717, 1.165) is 13.0 Å². The number of anilines is 1. The molecule has 0 unspecified atom stereocenters. The molecule has 200 valence electrons. The number of nitrogens with zero attached hydrogens (tertiary/aromatic N) is 3. The van der Waals surface area contributed by atoms with Crippen LogP contribution in [0.25, 0.3) is 5.65 Å². The second-order valence-corrected chi connectivity index (χ2v) is 10.2. The Hall–Kier alpha value is -3.39. The van der Waals surface area contributed by atoms with E-state index in [0.29, 0.717) is 34.0 Å². The number of hydrogen-bond donors (Lipinski definition) is 3. The van der Waals surface area contributed by atoms with Crippen LogP contribution in [0, 0.1) is 11.2 Å². The largest absolute Gasteiger partial charge is 0.516 e. The lowest BCUT2D eigenvalue weighted by Gasteiger charge is -2.24. The van der Waals surface area contributed by atoms with E-state index < -0.39 is 46.2 Å². The highest BCUT2D eigenvalue weighted by atomic mass is 35.5. The molecule has 0 aliphatic rings. The maximum atomic E-state index is 14.6. The highest BCUT2D eigenvalue weighted by Gasteiger charge is 2.50. The number of amides is 1. The van der Waals surface area contributed by atoms with Crippen LogP contribution in [0.15, 0.2) is 36.5 Å². The molecule has 2 aromatic heterocycles. The molecule has 1 aromatic carbocycles. The zero-order valence-electron chi connectivity index (χ0n) is 19.7. The molecule has 15 heteroatoms. The van der Waals surface area contributed by atoms with Crippen LogP contribution in [0.5, 0.6) is 0 Å².